The molecule has 1 saturated heterocycles. The molecule has 1 aromatic carbocycles. The van der Waals surface area contributed by atoms with Crippen LogP contribution in [0.5, 0.6) is 5.75 Å². The van der Waals surface area contributed by atoms with Gasteiger partial charge in [-0.05, 0) is 68.5 Å². The third kappa shape index (κ3) is 6.09. The van der Waals surface area contributed by atoms with Gasteiger partial charge in [-0.15, -0.1) is 0 Å². The second-order valence-corrected chi connectivity index (χ2v) is 8.65. The Kier molecular flexibility index (Phi) is 7.22. The maximum Gasteiger partial charge on any atom is 0.230 e. The smallest absolute Gasteiger partial charge is 0.230 e. The molecule has 0 radical (unpaired) electrons. The van der Waals surface area contributed by atoms with Crippen LogP contribution in [-0.2, 0) is 20.8 Å². The normalized spacial score (nSPS) is 17.7. The number of hydrogen-bond acceptors (Lipinski definition) is 5. The molecule has 0 saturated carbocycles. The number of fused-ring (bicyclic) bond motifs is 1. The minimum Gasteiger partial charge on any atom is -0.494 e. The van der Waals surface area contributed by atoms with E-state index in [1.807, 2.05) is 37.3 Å². The van der Waals surface area contributed by atoms with Crippen molar-refractivity contribution in [1.29, 1.82) is 0 Å². The van der Waals surface area contributed by atoms with Gasteiger partial charge in [-0.25, -0.2) is 4.98 Å². The lowest BCUT2D eigenvalue weighted by Gasteiger charge is -2.32. The predicted octanol–water partition coefficient (Wildman–Crippen LogP) is 3.31. The predicted molar refractivity (Wildman–Crippen MR) is 125 cm³/mol. The van der Waals surface area contributed by atoms with Gasteiger partial charge in [0, 0.05) is 37.3 Å². The molecule has 4 rings (SSSR count). The second kappa shape index (κ2) is 10.5. The van der Waals surface area contributed by atoms with Gasteiger partial charge in [-0.3, -0.25) is 14.4 Å². The molecule has 2 aliphatic rings. The molecule has 8 heteroatoms. The summed E-state index contributed by atoms with van der Waals surface area (Å²) in [4.78, 5) is 42.9. The maximum atomic E-state index is 12.7. The number of hydrogen-bond donors (Lipinski definition) is 2. The topological polar surface area (TPSA) is 101 Å². The minimum atomic E-state index is -0.225. The van der Waals surface area contributed by atoms with Crippen molar-refractivity contribution in [2.75, 3.05) is 30.3 Å². The minimum absolute atomic E-state index is 0.0407. The van der Waals surface area contributed by atoms with Gasteiger partial charge in [0.2, 0.25) is 17.7 Å². The summed E-state index contributed by atoms with van der Waals surface area (Å²) in [6.45, 7) is 3.44. The van der Waals surface area contributed by atoms with Gasteiger partial charge in [0.25, 0.3) is 0 Å². The molecule has 1 fully saturated rings. The second-order valence-electron chi connectivity index (χ2n) is 8.65. The number of amides is 3. The molecular formula is C25H30N4O4. The van der Waals surface area contributed by atoms with Crippen LogP contribution in [0.15, 0.2) is 36.4 Å². The van der Waals surface area contributed by atoms with Gasteiger partial charge in [0.1, 0.15) is 11.6 Å². The molecular weight excluding hydrogens is 420 g/mol. The number of carbonyl (C=O) groups excluding carboxylic acids is 3. The van der Waals surface area contributed by atoms with Crippen molar-refractivity contribution in [1.82, 2.24) is 9.88 Å². The Morgan fingerprint density at radius 2 is 2.12 bits per heavy atom. The van der Waals surface area contributed by atoms with Crippen molar-refractivity contribution in [2.24, 2.45) is 5.92 Å². The maximum absolute atomic E-state index is 12.7. The van der Waals surface area contributed by atoms with E-state index >= 15 is 0 Å². The molecule has 8 nitrogen and oxygen atoms in total. The molecule has 33 heavy (non-hydrogen) atoms. The third-order valence-electron chi connectivity index (χ3n) is 6.06. The summed E-state index contributed by atoms with van der Waals surface area (Å²) in [6.07, 6.45) is 3.76. The van der Waals surface area contributed by atoms with Crippen LogP contribution in [0.2, 0.25) is 0 Å². The first-order chi connectivity index (χ1) is 16.0. The van der Waals surface area contributed by atoms with Gasteiger partial charge in [-0.1, -0.05) is 6.07 Å². The zero-order valence-electron chi connectivity index (χ0n) is 18.9. The molecule has 1 aromatic heterocycles. The molecule has 0 bridgehead atoms. The number of rotatable bonds is 7. The van der Waals surface area contributed by atoms with E-state index in [4.69, 9.17) is 4.74 Å². The van der Waals surface area contributed by atoms with Gasteiger partial charge in [-0.2, -0.15) is 0 Å². The number of likely N-dealkylation sites (tertiary alicyclic amines) is 1. The number of nitrogens with one attached hydrogen (secondary N) is 2. The number of nitrogens with zero attached hydrogens (tertiary/aromatic N) is 2. The molecule has 0 aliphatic carbocycles. The number of aromatic nitrogens is 1. The fourth-order valence-corrected chi connectivity index (χ4v) is 4.28. The molecule has 174 valence electrons. The van der Waals surface area contributed by atoms with Crippen LogP contribution in [-0.4, -0.2) is 47.3 Å². The molecule has 1 unspecified atom stereocenters. The van der Waals surface area contributed by atoms with Crippen LogP contribution in [0.1, 0.15) is 43.4 Å². The van der Waals surface area contributed by atoms with E-state index in [-0.39, 0.29) is 23.6 Å². The van der Waals surface area contributed by atoms with Crippen LogP contribution in [0.3, 0.4) is 0 Å². The number of ether oxygens (including phenoxy) is 1. The first-order valence-electron chi connectivity index (χ1n) is 11.6. The number of pyridine rings is 1. The lowest BCUT2D eigenvalue weighted by Crippen LogP contribution is -2.43. The average molecular weight is 451 g/mol. The number of carbonyl (C=O) groups is 3. The summed E-state index contributed by atoms with van der Waals surface area (Å²) < 4.78 is 5.82. The number of piperidine rings is 1. The van der Waals surface area contributed by atoms with E-state index in [0.29, 0.717) is 51.2 Å². The summed E-state index contributed by atoms with van der Waals surface area (Å²) in [5, 5.41) is 5.73. The quantitative estimate of drug-likeness (QED) is 0.631. The standard InChI is InChI=1S/C25H30N4O4/c1-17-5-2-7-22(26-17)28-25(32)19-6-3-13-29(16-19)24(31)8-4-14-33-20-10-11-21-18(15-20)9-12-23(30)27-21/h2,5,7,10-11,15,19H,3-4,6,8-9,12-14,16H2,1H3,(H,27,30)(H,26,28,32). The highest BCUT2D eigenvalue weighted by atomic mass is 16.5. The van der Waals surface area contributed by atoms with Crippen molar-refractivity contribution < 1.29 is 19.1 Å². The van der Waals surface area contributed by atoms with E-state index < -0.39 is 0 Å². The van der Waals surface area contributed by atoms with Crippen LogP contribution in [0.4, 0.5) is 11.5 Å². The summed E-state index contributed by atoms with van der Waals surface area (Å²) in [5.74, 6) is 1.08. The number of anilines is 2. The van der Waals surface area contributed by atoms with Crippen molar-refractivity contribution in [3.63, 3.8) is 0 Å². The van der Waals surface area contributed by atoms with E-state index in [2.05, 4.69) is 15.6 Å². The largest absolute Gasteiger partial charge is 0.494 e. The molecule has 2 aromatic rings. The van der Waals surface area contributed by atoms with Crippen molar-refractivity contribution in [3.8, 4) is 5.75 Å². The molecule has 0 spiro atoms. The molecule has 2 aliphatic heterocycles. The van der Waals surface area contributed by atoms with Crippen molar-refractivity contribution in [3.05, 3.63) is 47.7 Å². The highest BCUT2D eigenvalue weighted by Crippen LogP contribution is 2.27. The fraction of sp³-hybridized carbons (Fsp3) is 0.440. The van der Waals surface area contributed by atoms with Crippen molar-refractivity contribution >= 4 is 29.2 Å². The number of aryl methyl sites for hydroxylation is 2. The summed E-state index contributed by atoms with van der Waals surface area (Å²) in [5.41, 5.74) is 2.76. The first-order valence-corrected chi connectivity index (χ1v) is 11.6. The zero-order chi connectivity index (χ0) is 23.2. The Balaban J connectivity index is 1.21. The highest BCUT2D eigenvalue weighted by molar-refractivity contribution is 5.94. The van der Waals surface area contributed by atoms with Crippen LogP contribution >= 0.6 is 0 Å². The monoisotopic (exact) mass is 450 g/mol. The average Bonchev–Trinajstić information content (AvgIpc) is 2.82. The highest BCUT2D eigenvalue weighted by Gasteiger charge is 2.28. The Hall–Kier alpha value is -3.42. The lowest BCUT2D eigenvalue weighted by molar-refractivity contribution is -0.134. The molecule has 1 atom stereocenters. The molecule has 3 heterocycles. The Morgan fingerprint density at radius 3 is 2.97 bits per heavy atom. The summed E-state index contributed by atoms with van der Waals surface area (Å²) in [6, 6.07) is 11.2. The van der Waals surface area contributed by atoms with Crippen LogP contribution in [0, 0.1) is 12.8 Å². The van der Waals surface area contributed by atoms with Crippen LogP contribution < -0.4 is 15.4 Å². The lowest BCUT2D eigenvalue weighted by atomic mass is 9.96. The summed E-state index contributed by atoms with van der Waals surface area (Å²) >= 11 is 0. The third-order valence-corrected chi connectivity index (χ3v) is 6.06. The van der Waals surface area contributed by atoms with E-state index in [9.17, 15) is 14.4 Å². The molecule has 2 N–H and O–H groups in total. The number of benzene rings is 1. The van der Waals surface area contributed by atoms with Gasteiger partial charge < -0.3 is 20.3 Å². The molecule has 3 amide bonds. The summed E-state index contributed by atoms with van der Waals surface area (Å²) in [7, 11) is 0. The SMILES string of the molecule is Cc1cccc(NC(=O)C2CCCN(C(=O)CCCOc3ccc4c(c3)CCC(=O)N4)C2)n1. The van der Waals surface area contributed by atoms with Gasteiger partial charge in [0.15, 0.2) is 0 Å². The van der Waals surface area contributed by atoms with Crippen LogP contribution in [0.25, 0.3) is 0 Å². The Labute approximate surface area is 193 Å². The first kappa shape index (κ1) is 22.8. The van der Waals surface area contributed by atoms with E-state index in [1.54, 1.807) is 11.0 Å². The Morgan fingerprint density at radius 1 is 1.24 bits per heavy atom. The Bertz CT molecular complexity index is 1040. The van der Waals surface area contributed by atoms with Gasteiger partial charge in [0.05, 0.1) is 12.5 Å². The van der Waals surface area contributed by atoms with E-state index in [1.165, 1.54) is 0 Å². The van der Waals surface area contributed by atoms with Crippen molar-refractivity contribution in [2.45, 2.75) is 45.4 Å². The van der Waals surface area contributed by atoms with Gasteiger partial charge >= 0.3 is 0 Å². The zero-order valence-corrected chi connectivity index (χ0v) is 18.9. The van der Waals surface area contributed by atoms with E-state index in [0.717, 1.165) is 35.5 Å². The fourth-order valence-electron chi connectivity index (χ4n) is 4.28.